The summed E-state index contributed by atoms with van der Waals surface area (Å²) in [6.45, 7) is 9.94. The van der Waals surface area contributed by atoms with Gasteiger partial charge < -0.3 is 19.6 Å². The Bertz CT molecular complexity index is 743. The standard InChI is InChI=1S/C17H25Cl2N5O/c1-6-20-16(22-8-11-7-12(18)15(19)24(11)5)23-10-14-21-9-13(25-14)17(2,3)4/h7,9H,6,8,10H2,1-5H3,(H2,20,22,23). The first-order valence-corrected chi connectivity index (χ1v) is 8.95. The Kier molecular flexibility index (Phi) is 6.41. The van der Waals surface area contributed by atoms with Gasteiger partial charge >= 0.3 is 0 Å². The fraction of sp³-hybridized carbons (Fsp3) is 0.529. The molecule has 0 saturated carbocycles. The fourth-order valence-electron chi connectivity index (χ4n) is 2.14. The van der Waals surface area contributed by atoms with Crippen molar-refractivity contribution in [2.45, 2.75) is 46.2 Å². The van der Waals surface area contributed by atoms with Crippen LogP contribution < -0.4 is 10.6 Å². The van der Waals surface area contributed by atoms with E-state index in [1.54, 1.807) is 6.20 Å². The molecule has 0 spiro atoms. The summed E-state index contributed by atoms with van der Waals surface area (Å²) >= 11 is 12.1. The molecule has 0 aliphatic carbocycles. The van der Waals surface area contributed by atoms with Crippen LogP contribution >= 0.6 is 23.2 Å². The Hall–Kier alpha value is -1.66. The minimum Gasteiger partial charge on any atom is -0.443 e. The van der Waals surface area contributed by atoms with Crippen LogP contribution in [0.15, 0.2) is 21.7 Å². The lowest BCUT2D eigenvalue weighted by atomic mass is 9.94. The lowest BCUT2D eigenvalue weighted by Crippen LogP contribution is -2.36. The first kappa shape index (κ1) is 19.7. The highest BCUT2D eigenvalue weighted by Gasteiger charge is 2.19. The summed E-state index contributed by atoms with van der Waals surface area (Å²) < 4.78 is 7.60. The van der Waals surface area contributed by atoms with Crippen LogP contribution in [-0.4, -0.2) is 22.1 Å². The van der Waals surface area contributed by atoms with E-state index in [1.165, 1.54) is 0 Å². The molecule has 0 atom stereocenters. The van der Waals surface area contributed by atoms with Gasteiger partial charge in [0.25, 0.3) is 0 Å². The molecule has 138 valence electrons. The molecule has 0 saturated heterocycles. The molecule has 0 aromatic carbocycles. The third kappa shape index (κ3) is 5.16. The molecule has 0 bridgehead atoms. The molecule has 2 rings (SSSR count). The number of rotatable bonds is 5. The van der Waals surface area contributed by atoms with Gasteiger partial charge in [-0.3, -0.25) is 0 Å². The average Bonchev–Trinajstić information content (AvgIpc) is 3.11. The number of aromatic nitrogens is 2. The van der Waals surface area contributed by atoms with Crippen molar-refractivity contribution < 1.29 is 4.42 Å². The van der Waals surface area contributed by atoms with Gasteiger partial charge in [-0.25, -0.2) is 9.98 Å². The van der Waals surface area contributed by atoms with Crippen molar-refractivity contribution in [1.29, 1.82) is 0 Å². The second kappa shape index (κ2) is 8.15. The summed E-state index contributed by atoms with van der Waals surface area (Å²) in [6, 6.07) is 1.82. The number of halogens is 2. The first-order chi connectivity index (χ1) is 11.7. The van der Waals surface area contributed by atoms with E-state index in [2.05, 4.69) is 41.4 Å². The van der Waals surface area contributed by atoms with Crippen molar-refractivity contribution in [3.05, 3.63) is 39.8 Å². The van der Waals surface area contributed by atoms with Crippen LogP contribution in [0.2, 0.25) is 10.2 Å². The summed E-state index contributed by atoms with van der Waals surface area (Å²) in [6.07, 6.45) is 1.77. The van der Waals surface area contributed by atoms with Crippen LogP contribution in [0.25, 0.3) is 0 Å². The Morgan fingerprint density at radius 2 is 2.04 bits per heavy atom. The second-order valence-corrected chi connectivity index (χ2v) is 7.52. The predicted octanol–water partition coefficient (Wildman–Crippen LogP) is 3.87. The van der Waals surface area contributed by atoms with Gasteiger partial charge in [0.15, 0.2) is 5.96 Å². The highest BCUT2D eigenvalue weighted by molar-refractivity contribution is 6.41. The summed E-state index contributed by atoms with van der Waals surface area (Å²) in [5.74, 6) is 2.16. The Balaban J connectivity index is 2.02. The minimum atomic E-state index is -0.0606. The van der Waals surface area contributed by atoms with Gasteiger partial charge in [-0.1, -0.05) is 44.0 Å². The van der Waals surface area contributed by atoms with Crippen LogP contribution in [0.3, 0.4) is 0 Å². The molecule has 2 aromatic heterocycles. The van der Waals surface area contributed by atoms with Gasteiger partial charge in [0.1, 0.15) is 10.9 Å². The SMILES string of the molecule is CCNC(=NCc1cc(Cl)c(Cl)n1C)NCc1ncc(C(C)(C)C)o1. The molecule has 0 aliphatic heterocycles. The Morgan fingerprint density at radius 3 is 2.56 bits per heavy atom. The van der Waals surface area contributed by atoms with Crippen molar-refractivity contribution in [3.8, 4) is 0 Å². The molecular weight excluding hydrogens is 361 g/mol. The monoisotopic (exact) mass is 385 g/mol. The van der Waals surface area contributed by atoms with Crippen molar-refractivity contribution in [1.82, 2.24) is 20.2 Å². The van der Waals surface area contributed by atoms with E-state index in [1.807, 2.05) is 24.6 Å². The molecule has 8 heteroatoms. The van der Waals surface area contributed by atoms with Crippen LogP contribution in [0.5, 0.6) is 0 Å². The van der Waals surface area contributed by atoms with Gasteiger partial charge in [-0.05, 0) is 13.0 Å². The van der Waals surface area contributed by atoms with Crippen LogP contribution in [0.4, 0.5) is 0 Å². The van der Waals surface area contributed by atoms with Crippen molar-refractivity contribution in [3.63, 3.8) is 0 Å². The third-order valence-corrected chi connectivity index (χ3v) is 4.50. The molecule has 2 N–H and O–H groups in total. The third-order valence-electron chi connectivity index (χ3n) is 3.66. The summed E-state index contributed by atoms with van der Waals surface area (Å²) in [5.41, 5.74) is 0.868. The molecule has 25 heavy (non-hydrogen) atoms. The zero-order chi connectivity index (χ0) is 18.6. The molecule has 0 amide bonds. The number of nitrogens with zero attached hydrogens (tertiary/aromatic N) is 3. The van der Waals surface area contributed by atoms with E-state index in [-0.39, 0.29) is 5.41 Å². The average molecular weight is 386 g/mol. The van der Waals surface area contributed by atoms with Crippen LogP contribution in [0, 0.1) is 0 Å². The maximum Gasteiger partial charge on any atom is 0.213 e. The molecule has 0 aliphatic rings. The normalized spacial score (nSPS) is 12.5. The smallest absolute Gasteiger partial charge is 0.213 e. The van der Waals surface area contributed by atoms with Crippen LogP contribution in [-0.2, 0) is 25.6 Å². The highest BCUT2D eigenvalue weighted by Crippen LogP contribution is 2.25. The lowest BCUT2D eigenvalue weighted by molar-refractivity contribution is 0.379. The van der Waals surface area contributed by atoms with Gasteiger partial charge in [-0.2, -0.15) is 0 Å². The van der Waals surface area contributed by atoms with E-state index >= 15 is 0 Å². The fourth-order valence-corrected chi connectivity index (χ4v) is 2.56. The zero-order valence-electron chi connectivity index (χ0n) is 15.3. The number of hydrogen-bond acceptors (Lipinski definition) is 3. The number of oxazole rings is 1. The van der Waals surface area contributed by atoms with Crippen molar-refractivity contribution in [2.75, 3.05) is 6.54 Å². The molecule has 6 nitrogen and oxygen atoms in total. The number of aliphatic imine (C=N–C) groups is 1. The van der Waals surface area contributed by atoms with Gasteiger partial charge in [0.05, 0.1) is 24.3 Å². The largest absolute Gasteiger partial charge is 0.443 e. The summed E-state index contributed by atoms with van der Waals surface area (Å²) in [5, 5.41) is 7.46. The predicted molar refractivity (Wildman–Crippen MR) is 102 cm³/mol. The molecule has 0 radical (unpaired) electrons. The number of hydrogen-bond donors (Lipinski definition) is 2. The summed E-state index contributed by atoms with van der Waals surface area (Å²) in [4.78, 5) is 8.87. The summed E-state index contributed by atoms with van der Waals surface area (Å²) in [7, 11) is 1.86. The minimum absolute atomic E-state index is 0.0606. The van der Waals surface area contributed by atoms with E-state index in [4.69, 9.17) is 27.6 Å². The van der Waals surface area contributed by atoms with E-state index < -0.39 is 0 Å². The molecule has 2 aromatic rings. The Morgan fingerprint density at radius 1 is 1.32 bits per heavy atom. The van der Waals surface area contributed by atoms with E-state index in [0.29, 0.717) is 35.1 Å². The topological polar surface area (TPSA) is 67.4 Å². The Labute approximate surface area is 158 Å². The highest BCUT2D eigenvalue weighted by atomic mass is 35.5. The lowest BCUT2D eigenvalue weighted by Gasteiger charge is -2.13. The quantitative estimate of drug-likeness (QED) is 0.605. The second-order valence-electron chi connectivity index (χ2n) is 6.75. The van der Waals surface area contributed by atoms with E-state index in [9.17, 15) is 0 Å². The molecular formula is C17H25Cl2N5O. The maximum absolute atomic E-state index is 6.09. The van der Waals surface area contributed by atoms with Gasteiger partial charge in [0, 0.05) is 24.7 Å². The molecule has 2 heterocycles. The van der Waals surface area contributed by atoms with Crippen LogP contribution in [0.1, 0.15) is 45.0 Å². The van der Waals surface area contributed by atoms with Gasteiger partial charge in [-0.15, -0.1) is 0 Å². The molecule has 0 fully saturated rings. The molecule has 0 unspecified atom stereocenters. The first-order valence-electron chi connectivity index (χ1n) is 8.19. The van der Waals surface area contributed by atoms with E-state index in [0.717, 1.165) is 18.0 Å². The van der Waals surface area contributed by atoms with Gasteiger partial charge in [0.2, 0.25) is 5.89 Å². The number of nitrogens with one attached hydrogen (secondary N) is 2. The zero-order valence-corrected chi connectivity index (χ0v) is 16.8. The number of guanidine groups is 1. The van der Waals surface area contributed by atoms with Crippen molar-refractivity contribution in [2.24, 2.45) is 12.0 Å². The van der Waals surface area contributed by atoms with Crippen molar-refractivity contribution >= 4 is 29.2 Å². The maximum atomic E-state index is 6.09.